The molecule has 104 valence electrons. The summed E-state index contributed by atoms with van der Waals surface area (Å²) >= 11 is 1.69. The van der Waals surface area contributed by atoms with E-state index in [-0.39, 0.29) is 30.7 Å². The molecule has 0 saturated carbocycles. The first-order valence-electron chi connectivity index (χ1n) is 5.58. The molecular formula is C11H19Cl2N3OS. The molecule has 2 rings (SSSR count). The summed E-state index contributed by atoms with van der Waals surface area (Å²) < 4.78 is 0. The molecule has 2 heterocycles. The topological polar surface area (TPSA) is 45.2 Å². The maximum absolute atomic E-state index is 11.8. The van der Waals surface area contributed by atoms with E-state index in [1.807, 2.05) is 18.7 Å². The van der Waals surface area contributed by atoms with Crippen LogP contribution in [-0.2, 0) is 11.3 Å². The minimum atomic E-state index is 0. The lowest BCUT2D eigenvalue weighted by atomic mass is 10.3. The molecule has 0 aliphatic carbocycles. The number of aryl methyl sites for hydroxylation is 2. The van der Waals surface area contributed by atoms with Crippen LogP contribution >= 0.6 is 36.2 Å². The van der Waals surface area contributed by atoms with E-state index in [1.54, 1.807) is 11.3 Å². The van der Waals surface area contributed by atoms with Gasteiger partial charge in [-0.15, -0.1) is 36.2 Å². The van der Waals surface area contributed by atoms with Crippen molar-refractivity contribution in [3.63, 3.8) is 0 Å². The van der Waals surface area contributed by atoms with E-state index in [1.165, 1.54) is 4.88 Å². The molecule has 0 radical (unpaired) electrons. The fraction of sp³-hybridized carbons (Fsp3) is 0.636. The molecule has 1 aromatic rings. The number of aromatic nitrogens is 1. The first-order chi connectivity index (χ1) is 7.66. The van der Waals surface area contributed by atoms with Gasteiger partial charge in [-0.3, -0.25) is 4.79 Å². The molecule has 0 atom stereocenters. The lowest BCUT2D eigenvalue weighted by molar-refractivity contribution is -0.130. The molecule has 1 aliphatic rings. The van der Waals surface area contributed by atoms with Gasteiger partial charge in [0.05, 0.1) is 17.2 Å². The van der Waals surface area contributed by atoms with Crippen molar-refractivity contribution in [1.29, 1.82) is 0 Å². The van der Waals surface area contributed by atoms with E-state index in [2.05, 4.69) is 10.3 Å². The fourth-order valence-corrected chi connectivity index (χ4v) is 2.83. The Labute approximate surface area is 124 Å². The first-order valence-corrected chi connectivity index (χ1v) is 6.40. The summed E-state index contributed by atoms with van der Waals surface area (Å²) in [5.41, 5.74) is 1.06. The third-order valence-corrected chi connectivity index (χ3v) is 3.82. The Morgan fingerprint density at radius 1 is 1.33 bits per heavy atom. The third kappa shape index (κ3) is 4.39. The van der Waals surface area contributed by atoms with Crippen molar-refractivity contribution in [2.24, 2.45) is 0 Å². The fourth-order valence-electron chi connectivity index (χ4n) is 1.88. The van der Waals surface area contributed by atoms with Gasteiger partial charge >= 0.3 is 0 Å². The van der Waals surface area contributed by atoms with Crippen LogP contribution in [0.1, 0.15) is 22.0 Å². The Balaban J connectivity index is 0.00000144. The van der Waals surface area contributed by atoms with E-state index >= 15 is 0 Å². The van der Waals surface area contributed by atoms with Gasteiger partial charge in [-0.05, 0) is 13.8 Å². The number of nitrogens with one attached hydrogen (secondary N) is 1. The Morgan fingerprint density at radius 3 is 2.67 bits per heavy atom. The molecule has 1 amide bonds. The number of rotatable bonds is 2. The van der Waals surface area contributed by atoms with E-state index in [9.17, 15) is 4.79 Å². The third-order valence-electron chi connectivity index (χ3n) is 2.76. The largest absolute Gasteiger partial charge is 0.336 e. The molecular weight excluding hydrogens is 293 g/mol. The van der Waals surface area contributed by atoms with Crippen LogP contribution < -0.4 is 5.32 Å². The second-order valence-corrected chi connectivity index (χ2v) is 5.34. The van der Waals surface area contributed by atoms with Crippen molar-refractivity contribution in [1.82, 2.24) is 15.2 Å². The van der Waals surface area contributed by atoms with Gasteiger partial charge in [-0.25, -0.2) is 4.98 Å². The first kappa shape index (κ1) is 17.6. The van der Waals surface area contributed by atoms with Crippen LogP contribution in [0.2, 0.25) is 0 Å². The number of nitrogens with zero attached hydrogens (tertiary/aromatic N) is 2. The quantitative estimate of drug-likeness (QED) is 0.907. The molecule has 18 heavy (non-hydrogen) atoms. The van der Waals surface area contributed by atoms with Crippen LogP contribution in [0.4, 0.5) is 0 Å². The highest BCUT2D eigenvalue weighted by Gasteiger charge is 2.18. The number of amides is 1. The molecule has 0 spiro atoms. The zero-order valence-corrected chi connectivity index (χ0v) is 13.0. The van der Waals surface area contributed by atoms with Crippen molar-refractivity contribution >= 4 is 42.1 Å². The number of hydrogen-bond donors (Lipinski definition) is 1. The summed E-state index contributed by atoms with van der Waals surface area (Å²) in [5, 5.41) is 4.32. The van der Waals surface area contributed by atoms with E-state index in [4.69, 9.17) is 0 Å². The number of carbonyl (C=O) groups is 1. The predicted octanol–water partition coefficient (Wildman–Crippen LogP) is 1.93. The molecule has 1 aliphatic heterocycles. The molecule has 1 saturated heterocycles. The number of hydrogen-bond acceptors (Lipinski definition) is 4. The van der Waals surface area contributed by atoms with Gasteiger partial charge < -0.3 is 10.2 Å². The van der Waals surface area contributed by atoms with Crippen molar-refractivity contribution in [2.75, 3.05) is 19.6 Å². The summed E-state index contributed by atoms with van der Waals surface area (Å²) in [5.74, 6) is 0.246. The molecule has 1 aromatic heterocycles. The Morgan fingerprint density at radius 2 is 2.06 bits per heavy atom. The van der Waals surface area contributed by atoms with E-state index < -0.39 is 0 Å². The second kappa shape index (κ2) is 7.94. The average Bonchev–Trinajstić information content (AvgIpc) is 2.43. The molecule has 1 N–H and O–H groups in total. The predicted molar refractivity (Wildman–Crippen MR) is 79.0 cm³/mol. The second-order valence-electron chi connectivity index (χ2n) is 4.06. The monoisotopic (exact) mass is 311 g/mol. The smallest absolute Gasteiger partial charge is 0.224 e. The normalized spacial score (nSPS) is 15.7. The maximum atomic E-state index is 11.8. The maximum Gasteiger partial charge on any atom is 0.224 e. The van der Waals surface area contributed by atoms with Crippen molar-refractivity contribution in [2.45, 2.75) is 26.8 Å². The number of carbonyl (C=O) groups excluding carboxylic acids is 1. The summed E-state index contributed by atoms with van der Waals surface area (Å²) in [4.78, 5) is 19.3. The Kier molecular flexibility index (Phi) is 7.78. The highest BCUT2D eigenvalue weighted by atomic mass is 35.5. The molecule has 4 nitrogen and oxygen atoms in total. The standard InChI is InChI=1S/C11H17N3OS.2ClH/c1-8-10(16-9(2)13-8)7-14-6-5-12-4-3-11(14)15;;/h12H,3-7H2,1-2H3;2*1H. The molecule has 1 fully saturated rings. The summed E-state index contributed by atoms with van der Waals surface area (Å²) in [6, 6.07) is 0. The Hall–Kier alpha value is -0.360. The number of thiazole rings is 1. The van der Waals surface area contributed by atoms with Gasteiger partial charge in [0, 0.05) is 30.9 Å². The summed E-state index contributed by atoms with van der Waals surface area (Å²) in [7, 11) is 0. The lowest BCUT2D eigenvalue weighted by Gasteiger charge is -2.19. The highest BCUT2D eigenvalue weighted by Crippen LogP contribution is 2.19. The minimum absolute atomic E-state index is 0. The van der Waals surface area contributed by atoms with E-state index in [0.717, 1.165) is 36.9 Å². The van der Waals surface area contributed by atoms with Gasteiger partial charge in [-0.1, -0.05) is 0 Å². The molecule has 0 aromatic carbocycles. The SMILES string of the molecule is Cc1nc(C)c(CN2CCNCCC2=O)s1.Cl.Cl. The van der Waals surface area contributed by atoms with Crippen LogP contribution in [0, 0.1) is 13.8 Å². The van der Waals surface area contributed by atoms with Crippen LogP contribution in [0.3, 0.4) is 0 Å². The van der Waals surface area contributed by atoms with Crippen LogP contribution in [0.15, 0.2) is 0 Å². The van der Waals surface area contributed by atoms with Crippen LogP contribution in [-0.4, -0.2) is 35.4 Å². The zero-order chi connectivity index (χ0) is 11.5. The highest BCUT2D eigenvalue weighted by molar-refractivity contribution is 7.11. The van der Waals surface area contributed by atoms with E-state index in [0.29, 0.717) is 6.42 Å². The van der Waals surface area contributed by atoms with Crippen molar-refractivity contribution in [3.8, 4) is 0 Å². The van der Waals surface area contributed by atoms with Crippen LogP contribution in [0.5, 0.6) is 0 Å². The summed E-state index contributed by atoms with van der Waals surface area (Å²) in [6.07, 6.45) is 0.608. The van der Waals surface area contributed by atoms with Crippen molar-refractivity contribution < 1.29 is 4.79 Å². The number of halogens is 2. The van der Waals surface area contributed by atoms with Gasteiger partial charge in [-0.2, -0.15) is 0 Å². The van der Waals surface area contributed by atoms with Gasteiger partial charge in [0.1, 0.15) is 0 Å². The summed E-state index contributed by atoms with van der Waals surface area (Å²) in [6.45, 7) is 7.23. The molecule has 0 unspecified atom stereocenters. The van der Waals surface area contributed by atoms with Crippen LogP contribution in [0.25, 0.3) is 0 Å². The molecule has 0 bridgehead atoms. The van der Waals surface area contributed by atoms with Crippen molar-refractivity contribution in [3.05, 3.63) is 15.6 Å². The molecule has 7 heteroatoms. The minimum Gasteiger partial charge on any atom is -0.336 e. The zero-order valence-electron chi connectivity index (χ0n) is 10.6. The average molecular weight is 312 g/mol. The van der Waals surface area contributed by atoms with Gasteiger partial charge in [0.15, 0.2) is 0 Å². The Bertz CT molecular complexity index is 398. The van der Waals surface area contributed by atoms with Gasteiger partial charge in [0.2, 0.25) is 5.91 Å². The van der Waals surface area contributed by atoms with Gasteiger partial charge in [0.25, 0.3) is 0 Å². The lowest BCUT2D eigenvalue weighted by Crippen LogP contribution is -2.31.